The van der Waals surface area contributed by atoms with Gasteiger partial charge in [0.05, 0.1) is 16.0 Å². The molecule has 0 aliphatic heterocycles. The van der Waals surface area contributed by atoms with Gasteiger partial charge >= 0.3 is 0 Å². The molecule has 0 bridgehead atoms. The van der Waals surface area contributed by atoms with E-state index < -0.39 is 0 Å². The number of nitrogens with one attached hydrogen (secondary N) is 1. The Labute approximate surface area is 204 Å². The van der Waals surface area contributed by atoms with Gasteiger partial charge in [-0.3, -0.25) is 9.36 Å². The van der Waals surface area contributed by atoms with E-state index in [-0.39, 0.29) is 18.3 Å². The molecule has 2 aromatic heterocycles. The van der Waals surface area contributed by atoms with E-state index in [1.165, 1.54) is 23.1 Å². The Hall–Kier alpha value is -2.88. The van der Waals surface area contributed by atoms with Crippen LogP contribution in [0.5, 0.6) is 5.75 Å². The molecule has 0 aliphatic rings. The molecular formula is C23H22ClN5O2S2. The lowest BCUT2D eigenvalue weighted by molar-refractivity contribution is -0.113. The minimum Gasteiger partial charge on any atom is -0.486 e. The number of allylic oxidation sites excluding steroid dienone is 1. The average Bonchev–Trinajstić information content (AvgIpc) is 3.37. The van der Waals surface area contributed by atoms with Gasteiger partial charge in [-0.2, -0.15) is 0 Å². The summed E-state index contributed by atoms with van der Waals surface area (Å²) in [7, 11) is 0. The fourth-order valence-corrected chi connectivity index (χ4v) is 4.95. The van der Waals surface area contributed by atoms with Crippen LogP contribution >= 0.6 is 34.7 Å². The fraction of sp³-hybridized carbons (Fsp3) is 0.217. The van der Waals surface area contributed by atoms with Crippen molar-refractivity contribution in [3.63, 3.8) is 0 Å². The molecule has 0 saturated heterocycles. The molecule has 4 rings (SSSR count). The Kier molecular flexibility index (Phi) is 7.32. The normalized spacial score (nSPS) is 11.0. The summed E-state index contributed by atoms with van der Waals surface area (Å²) >= 11 is 8.99. The van der Waals surface area contributed by atoms with Gasteiger partial charge in [0.25, 0.3) is 0 Å². The molecule has 10 heteroatoms. The van der Waals surface area contributed by atoms with Gasteiger partial charge in [0.2, 0.25) is 5.91 Å². The number of hydrogen-bond acceptors (Lipinski definition) is 7. The largest absolute Gasteiger partial charge is 0.486 e. The summed E-state index contributed by atoms with van der Waals surface area (Å²) in [5, 5.41) is 13.3. The minimum absolute atomic E-state index is 0.155. The number of carbonyl (C=O) groups excluding carboxylic acids is 1. The van der Waals surface area contributed by atoms with Crippen molar-refractivity contribution < 1.29 is 9.53 Å². The predicted molar refractivity (Wildman–Crippen MR) is 134 cm³/mol. The maximum atomic E-state index is 12.5. The second-order valence-corrected chi connectivity index (χ2v) is 9.63. The van der Waals surface area contributed by atoms with E-state index in [0.717, 1.165) is 26.4 Å². The van der Waals surface area contributed by atoms with Crippen LogP contribution in [0.25, 0.3) is 10.2 Å². The van der Waals surface area contributed by atoms with E-state index in [4.69, 9.17) is 16.3 Å². The van der Waals surface area contributed by atoms with E-state index in [9.17, 15) is 4.79 Å². The van der Waals surface area contributed by atoms with Crippen LogP contribution in [0.3, 0.4) is 0 Å². The van der Waals surface area contributed by atoms with E-state index in [0.29, 0.717) is 28.4 Å². The van der Waals surface area contributed by atoms with Crippen LogP contribution in [0.4, 0.5) is 5.13 Å². The first kappa shape index (κ1) is 23.3. The Bertz CT molecular complexity index is 1260. The molecule has 0 unspecified atom stereocenters. The number of halogens is 1. The monoisotopic (exact) mass is 499 g/mol. The number of fused-ring (bicyclic) bond motifs is 1. The minimum atomic E-state index is -0.155. The third kappa shape index (κ3) is 5.55. The molecule has 170 valence electrons. The molecule has 4 aromatic rings. The van der Waals surface area contributed by atoms with Crippen molar-refractivity contribution >= 4 is 56.0 Å². The molecule has 2 aromatic carbocycles. The van der Waals surface area contributed by atoms with Crippen LogP contribution in [-0.2, 0) is 17.9 Å². The zero-order valence-corrected chi connectivity index (χ0v) is 20.6. The van der Waals surface area contributed by atoms with Gasteiger partial charge < -0.3 is 10.1 Å². The lowest BCUT2D eigenvalue weighted by Gasteiger charge is -2.11. The van der Waals surface area contributed by atoms with Crippen molar-refractivity contribution in [2.24, 2.45) is 0 Å². The Morgan fingerprint density at radius 3 is 2.76 bits per heavy atom. The van der Waals surface area contributed by atoms with Crippen molar-refractivity contribution in [3.8, 4) is 5.75 Å². The van der Waals surface area contributed by atoms with Gasteiger partial charge in [-0.15, -0.1) is 16.8 Å². The predicted octanol–water partition coefficient (Wildman–Crippen LogP) is 5.65. The summed E-state index contributed by atoms with van der Waals surface area (Å²) in [6.45, 7) is 8.44. The summed E-state index contributed by atoms with van der Waals surface area (Å²) < 4.78 is 8.85. The number of ether oxygens (including phenoxy) is 1. The van der Waals surface area contributed by atoms with Crippen LogP contribution < -0.4 is 10.1 Å². The second kappa shape index (κ2) is 10.4. The van der Waals surface area contributed by atoms with E-state index in [1.54, 1.807) is 6.08 Å². The third-order valence-corrected chi connectivity index (χ3v) is 7.27. The molecule has 0 atom stereocenters. The molecule has 0 saturated carbocycles. The Morgan fingerprint density at radius 1 is 1.27 bits per heavy atom. The van der Waals surface area contributed by atoms with E-state index in [2.05, 4.69) is 27.1 Å². The molecule has 1 amide bonds. The maximum Gasteiger partial charge on any atom is 0.236 e. The number of thioether (sulfide) groups is 1. The second-order valence-electron chi connectivity index (χ2n) is 7.28. The Balaban J connectivity index is 1.39. The number of hydrogen-bond donors (Lipinski definition) is 1. The molecule has 0 spiro atoms. The number of anilines is 1. The number of aryl methyl sites for hydroxylation is 2. The first-order valence-corrected chi connectivity index (χ1v) is 12.3. The van der Waals surface area contributed by atoms with Crippen molar-refractivity contribution in [2.45, 2.75) is 32.2 Å². The summed E-state index contributed by atoms with van der Waals surface area (Å²) in [5.74, 6) is 1.39. The summed E-state index contributed by atoms with van der Waals surface area (Å²) in [4.78, 5) is 16.9. The molecule has 0 radical (unpaired) electrons. The van der Waals surface area contributed by atoms with Crippen LogP contribution in [-0.4, -0.2) is 31.4 Å². The maximum absolute atomic E-state index is 12.5. The van der Waals surface area contributed by atoms with Crippen LogP contribution in [0, 0.1) is 13.8 Å². The first-order chi connectivity index (χ1) is 15.9. The average molecular weight is 500 g/mol. The lowest BCUT2D eigenvalue weighted by atomic mass is 10.1. The highest BCUT2D eigenvalue weighted by Gasteiger charge is 2.15. The van der Waals surface area contributed by atoms with Crippen molar-refractivity contribution in [3.05, 3.63) is 71.0 Å². The highest BCUT2D eigenvalue weighted by atomic mass is 35.5. The summed E-state index contributed by atoms with van der Waals surface area (Å²) in [6, 6.07) is 11.6. The zero-order chi connectivity index (χ0) is 23.4. The van der Waals surface area contributed by atoms with Crippen molar-refractivity contribution in [1.82, 2.24) is 19.7 Å². The number of nitrogens with zero attached hydrogens (tertiary/aromatic N) is 4. The number of benzene rings is 2. The number of para-hydroxylation sites is 1. The third-order valence-electron chi connectivity index (χ3n) is 4.76. The molecule has 0 aliphatic carbocycles. The molecule has 0 fully saturated rings. The Morgan fingerprint density at radius 2 is 2.03 bits per heavy atom. The number of amides is 1. The molecule has 1 N–H and O–H groups in total. The quantitative estimate of drug-likeness (QED) is 0.236. The number of thiazole rings is 1. The van der Waals surface area contributed by atoms with Gasteiger partial charge in [-0.05, 0) is 49.2 Å². The summed E-state index contributed by atoms with van der Waals surface area (Å²) in [6.07, 6.45) is 1.76. The first-order valence-electron chi connectivity index (χ1n) is 10.2. The highest BCUT2D eigenvalue weighted by Crippen LogP contribution is 2.27. The highest BCUT2D eigenvalue weighted by molar-refractivity contribution is 7.99. The lowest BCUT2D eigenvalue weighted by Crippen LogP contribution is -2.14. The number of rotatable bonds is 9. The van der Waals surface area contributed by atoms with Gasteiger partial charge in [0.15, 0.2) is 16.1 Å². The van der Waals surface area contributed by atoms with Gasteiger partial charge in [0.1, 0.15) is 12.4 Å². The standard InChI is InChI=1S/C23H22ClN5O2S2/c1-4-9-29-19(12-31-16-10-14(2)21(24)15(3)11-16)27-28-23(29)32-13-20(30)26-22-25-17-7-5-6-8-18(17)33-22/h4-8,10-11H,1,9,12-13H2,2-3H3,(H,25,26,30). The smallest absolute Gasteiger partial charge is 0.236 e. The van der Waals surface area contributed by atoms with Crippen LogP contribution in [0.1, 0.15) is 17.0 Å². The number of aromatic nitrogens is 4. The van der Waals surface area contributed by atoms with E-state index >= 15 is 0 Å². The van der Waals surface area contributed by atoms with E-state index in [1.807, 2.05) is 54.8 Å². The molecule has 33 heavy (non-hydrogen) atoms. The topological polar surface area (TPSA) is 81.9 Å². The van der Waals surface area contributed by atoms with Crippen LogP contribution in [0.2, 0.25) is 5.02 Å². The fourth-order valence-electron chi connectivity index (χ4n) is 3.19. The van der Waals surface area contributed by atoms with Gasteiger partial charge in [-0.1, -0.05) is 52.9 Å². The zero-order valence-electron chi connectivity index (χ0n) is 18.2. The summed E-state index contributed by atoms with van der Waals surface area (Å²) in [5.41, 5.74) is 2.77. The molecule has 7 nitrogen and oxygen atoms in total. The van der Waals surface area contributed by atoms with Crippen LogP contribution in [0.15, 0.2) is 54.2 Å². The van der Waals surface area contributed by atoms with Gasteiger partial charge in [-0.25, -0.2) is 4.98 Å². The van der Waals surface area contributed by atoms with Crippen molar-refractivity contribution in [2.75, 3.05) is 11.1 Å². The van der Waals surface area contributed by atoms with Gasteiger partial charge in [0, 0.05) is 11.6 Å². The molecular weight excluding hydrogens is 478 g/mol. The van der Waals surface area contributed by atoms with Crippen molar-refractivity contribution in [1.29, 1.82) is 0 Å². The molecule has 2 heterocycles. The SMILES string of the molecule is C=CCn1c(COc2cc(C)c(Cl)c(C)c2)nnc1SCC(=O)Nc1nc2ccccc2s1. The number of carbonyl (C=O) groups is 1.